The molecule has 0 saturated carbocycles. The van der Waals surface area contributed by atoms with Crippen LogP contribution in [0, 0.1) is 0 Å². The molecule has 2 aliphatic rings. The van der Waals surface area contributed by atoms with Crippen LogP contribution in [-0.2, 0) is 20.7 Å². The first-order chi connectivity index (χ1) is 12.2. The SMILES string of the molecule is COc1cccc(CC(=O)N2CCN(C(=O)CC3CCCO3)CC2)c1. The highest BCUT2D eigenvalue weighted by Gasteiger charge is 2.27. The molecule has 2 aliphatic heterocycles. The molecule has 0 bridgehead atoms. The maximum absolute atomic E-state index is 12.5. The summed E-state index contributed by atoms with van der Waals surface area (Å²) in [7, 11) is 1.62. The van der Waals surface area contributed by atoms with Gasteiger partial charge in [-0.15, -0.1) is 0 Å². The zero-order valence-corrected chi connectivity index (χ0v) is 14.8. The maximum atomic E-state index is 12.5. The molecule has 6 nitrogen and oxygen atoms in total. The Morgan fingerprint density at radius 1 is 1.16 bits per heavy atom. The van der Waals surface area contributed by atoms with Crippen molar-refractivity contribution in [3.8, 4) is 5.75 Å². The number of ether oxygens (including phenoxy) is 2. The van der Waals surface area contributed by atoms with E-state index in [1.54, 1.807) is 7.11 Å². The number of carbonyl (C=O) groups excluding carboxylic acids is 2. The number of rotatable bonds is 5. The quantitative estimate of drug-likeness (QED) is 0.810. The molecule has 25 heavy (non-hydrogen) atoms. The van der Waals surface area contributed by atoms with Crippen LogP contribution in [0.1, 0.15) is 24.8 Å². The van der Waals surface area contributed by atoms with Crippen molar-refractivity contribution in [2.45, 2.75) is 31.8 Å². The number of carbonyl (C=O) groups is 2. The smallest absolute Gasteiger partial charge is 0.227 e. The molecular formula is C19H26N2O4. The van der Waals surface area contributed by atoms with E-state index >= 15 is 0 Å². The van der Waals surface area contributed by atoms with Crippen LogP contribution in [0.2, 0.25) is 0 Å². The van der Waals surface area contributed by atoms with E-state index in [0.29, 0.717) is 39.0 Å². The largest absolute Gasteiger partial charge is 0.497 e. The minimum Gasteiger partial charge on any atom is -0.497 e. The van der Waals surface area contributed by atoms with Gasteiger partial charge in [0.2, 0.25) is 11.8 Å². The van der Waals surface area contributed by atoms with Gasteiger partial charge in [-0.3, -0.25) is 9.59 Å². The molecule has 0 spiro atoms. The van der Waals surface area contributed by atoms with Gasteiger partial charge in [0.05, 0.1) is 26.1 Å². The van der Waals surface area contributed by atoms with Crippen LogP contribution in [-0.4, -0.2) is 67.6 Å². The number of amides is 2. The zero-order chi connectivity index (χ0) is 17.6. The molecular weight excluding hydrogens is 320 g/mol. The third-order valence-corrected chi connectivity index (χ3v) is 4.90. The van der Waals surface area contributed by atoms with Gasteiger partial charge in [-0.1, -0.05) is 12.1 Å². The van der Waals surface area contributed by atoms with Crippen LogP contribution >= 0.6 is 0 Å². The zero-order valence-electron chi connectivity index (χ0n) is 14.8. The summed E-state index contributed by atoms with van der Waals surface area (Å²) in [4.78, 5) is 28.5. The van der Waals surface area contributed by atoms with Crippen LogP contribution in [0.15, 0.2) is 24.3 Å². The molecule has 0 aliphatic carbocycles. The fraction of sp³-hybridized carbons (Fsp3) is 0.579. The lowest BCUT2D eigenvalue weighted by molar-refractivity contribution is -0.140. The highest BCUT2D eigenvalue weighted by atomic mass is 16.5. The summed E-state index contributed by atoms with van der Waals surface area (Å²) >= 11 is 0. The monoisotopic (exact) mass is 346 g/mol. The first-order valence-electron chi connectivity index (χ1n) is 8.96. The Morgan fingerprint density at radius 3 is 2.52 bits per heavy atom. The molecule has 2 heterocycles. The molecule has 136 valence electrons. The fourth-order valence-corrected chi connectivity index (χ4v) is 3.40. The Bertz CT molecular complexity index is 605. The number of hydrogen-bond acceptors (Lipinski definition) is 4. The van der Waals surface area contributed by atoms with Gasteiger partial charge >= 0.3 is 0 Å². The average molecular weight is 346 g/mol. The Morgan fingerprint density at radius 2 is 1.88 bits per heavy atom. The molecule has 0 N–H and O–H groups in total. The molecule has 1 aromatic rings. The highest BCUT2D eigenvalue weighted by Crippen LogP contribution is 2.18. The number of benzene rings is 1. The third-order valence-electron chi connectivity index (χ3n) is 4.90. The second-order valence-electron chi connectivity index (χ2n) is 6.63. The van der Waals surface area contributed by atoms with Gasteiger partial charge in [-0.2, -0.15) is 0 Å². The van der Waals surface area contributed by atoms with Crippen molar-refractivity contribution in [1.82, 2.24) is 9.80 Å². The van der Waals surface area contributed by atoms with E-state index in [-0.39, 0.29) is 17.9 Å². The van der Waals surface area contributed by atoms with Crippen LogP contribution < -0.4 is 4.74 Å². The number of methoxy groups -OCH3 is 1. The predicted molar refractivity (Wildman–Crippen MR) is 93.4 cm³/mol. The van der Waals surface area contributed by atoms with E-state index in [4.69, 9.17) is 9.47 Å². The summed E-state index contributed by atoms with van der Waals surface area (Å²) in [6, 6.07) is 7.58. The topological polar surface area (TPSA) is 59.1 Å². The van der Waals surface area contributed by atoms with Gasteiger partial charge in [0.1, 0.15) is 5.75 Å². The number of piperazine rings is 1. The van der Waals surface area contributed by atoms with Gasteiger partial charge < -0.3 is 19.3 Å². The third kappa shape index (κ3) is 4.72. The molecule has 2 fully saturated rings. The molecule has 0 aromatic heterocycles. The van der Waals surface area contributed by atoms with Crippen LogP contribution in [0.5, 0.6) is 5.75 Å². The van der Waals surface area contributed by atoms with Crippen molar-refractivity contribution in [2.75, 3.05) is 39.9 Å². The number of hydrogen-bond donors (Lipinski definition) is 0. The van der Waals surface area contributed by atoms with Crippen molar-refractivity contribution < 1.29 is 19.1 Å². The summed E-state index contributed by atoms with van der Waals surface area (Å²) in [6.45, 7) is 3.18. The molecule has 1 aromatic carbocycles. The van der Waals surface area contributed by atoms with E-state index < -0.39 is 0 Å². The first kappa shape index (κ1) is 17.7. The van der Waals surface area contributed by atoms with Crippen molar-refractivity contribution >= 4 is 11.8 Å². The lowest BCUT2D eigenvalue weighted by Gasteiger charge is -2.35. The summed E-state index contributed by atoms with van der Waals surface area (Å²) < 4.78 is 10.7. The lowest BCUT2D eigenvalue weighted by atomic mass is 10.1. The normalized spacial score (nSPS) is 20.6. The van der Waals surface area contributed by atoms with Gasteiger partial charge in [-0.05, 0) is 30.5 Å². The average Bonchev–Trinajstić information content (AvgIpc) is 3.15. The highest BCUT2D eigenvalue weighted by molar-refractivity contribution is 5.80. The van der Waals surface area contributed by atoms with Gasteiger partial charge in [0.25, 0.3) is 0 Å². The van der Waals surface area contributed by atoms with Crippen LogP contribution in [0.3, 0.4) is 0 Å². The predicted octanol–water partition coefficient (Wildman–Crippen LogP) is 1.48. The van der Waals surface area contributed by atoms with Crippen molar-refractivity contribution in [2.24, 2.45) is 0 Å². The minimum absolute atomic E-state index is 0.0835. The van der Waals surface area contributed by atoms with Crippen LogP contribution in [0.4, 0.5) is 0 Å². The molecule has 2 saturated heterocycles. The van der Waals surface area contributed by atoms with Crippen molar-refractivity contribution in [3.63, 3.8) is 0 Å². The Kier molecular flexibility index (Phi) is 5.91. The van der Waals surface area contributed by atoms with E-state index in [1.165, 1.54) is 0 Å². The summed E-state index contributed by atoms with van der Waals surface area (Å²) in [5.74, 6) is 1.00. The Labute approximate surface area is 148 Å². The van der Waals surface area contributed by atoms with Crippen molar-refractivity contribution in [3.05, 3.63) is 29.8 Å². The molecule has 1 atom stereocenters. The van der Waals surface area contributed by atoms with Gasteiger partial charge in [0.15, 0.2) is 0 Å². The van der Waals surface area contributed by atoms with Crippen molar-refractivity contribution in [1.29, 1.82) is 0 Å². The number of nitrogens with zero attached hydrogens (tertiary/aromatic N) is 2. The second-order valence-corrected chi connectivity index (χ2v) is 6.63. The van der Waals surface area contributed by atoms with Gasteiger partial charge in [-0.25, -0.2) is 0 Å². The maximum Gasteiger partial charge on any atom is 0.227 e. The van der Waals surface area contributed by atoms with E-state index in [0.717, 1.165) is 30.8 Å². The Balaban J connectivity index is 1.46. The van der Waals surface area contributed by atoms with E-state index in [9.17, 15) is 9.59 Å². The molecule has 2 amide bonds. The summed E-state index contributed by atoms with van der Waals surface area (Å²) in [5, 5.41) is 0. The van der Waals surface area contributed by atoms with Gasteiger partial charge in [0, 0.05) is 32.8 Å². The Hall–Kier alpha value is -2.08. The molecule has 1 unspecified atom stereocenters. The van der Waals surface area contributed by atoms with E-state index in [2.05, 4.69) is 0 Å². The first-order valence-corrected chi connectivity index (χ1v) is 8.96. The van der Waals surface area contributed by atoms with E-state index in [1.807, 2.05) is 34.1 Å². The molecule has 3 rings (SSSR count). The second kappa shape index (κ2) is 8.34. The lowest BCUT2D eigenvalue weighted by Crippen LogP contribution is -2.51. The minimum atomic E-state index is 0.0835. The fourth-order valence-electron chi connectivity index (χ4n) is 3.40. The molecule has 6 heteroatoms. The summed E-state index contributed by atoms with van der Waals surface area (Å²) in [6.07, 6.45) is 2.94. The molecule has 0 radical (unpaired) electrons. The van der Waals surface area contributed by atoms with Crippen LogP contribution in [0.25, 0.3) is 0 Å². The summed E-state index contributed by atoms with van der Waals surface area (Å²) in [5.41, 5.74) is 0.946. The standard InChI is InChI=1S/C19H26N2O4/c1-24-16-5-2-4-15(12-16)13-18(22)20-7-9-21(10-8-20)19(23)14-17-6-3-11-25-17/h2,4-5,12,17H,3,6-11,13-14H2,1H3.